The summed E-state index contributed by atoms with van der Waals surface area (Å²) in [7, 11) is 0. The van der Waals surface area contributed by atoms with Gasteiger partial charge in [-0.2, -0.15) is 0 Å². The van der Waals surface area contributed by atoms with Gasteiger partial charge >= 0.3 is 5.97 Å². The van der Waals surface area contributed by atoms with Crippen molar-refractivity contribution >= 4 is 11.9 Å². The molecule has 1 amide bonds. The third-order valence-corrected chi connectivity index (χ3v) is 2.80. The van der Waals surface area contributed by atoms with Crippen molar-refractivity contribution in [3.63, 3.8) is 0 Å². The molecule has 1 aliphatic rings. The van der Waals surface area contributed by atoms with E-state index in [1.807, 2.05) is 13.8 Å². The average molecular weight is 199 g/mol. The molecule has 0 saturated carbocycles. The van der Waals surface area contributed by atoms with Gasteiger partial charge in [0.05, 0.1) is 5.41 Å². The number of carbonyl (C=O) groups is 2. The normalized spacial score (nSPS) is 27.0. The van der Waals surface area contributed by atoms with Crippen LogP contribution < -0.4 is 0 Å². The molecule has 1 atom stereocenters. The molecule has 0 aromatic heterocycles. The molecule has 0 aromatic carbocycles. The van der Waals surface area contributed by atoms with Crippen LogP contribution in [0.3, 0.4) is 0 Å². The van der Waals surface area contributed by atoms with Gasteiger partial charge in [-0.25, -0.2) is 0 Å². The van der Waals surface area contributed by atoms with Gasteiger partial charge in [-0.3, -0.25) is 9.59 Å². The number of aliphatic carboxylic acids is 1. The maximum Gasteiger partial charge on any atom is 0.311 e. The van der Waals surface area contributed by atoms with Crippen molar-refractivity contribution in [3.8, 4) is 0 Å². The molecular formula is C10H17NO3. The molecule has 0 spiro atoms. The van der Waals surface area contributed by atoms with Crippen molar-refractivity contribution in [1.29, 1.82) is 0 Å². The molecule has 1 unspecified atom stereocenters. The second kappa shape index (κ2) is 3.59. The highest BCUT2D eigenvalue weighted by molar-refractivity contribution is 5.81. The third kappa shape index (κ3) is 1.89. The smallest absolute Gasteiger partial charge is 0.311 e. The van der Waals surface area contributed by atoms with E-state index < -0.39 is 11.4 Å². The molecule has 1 rings (SSSR count). The number of hydrogen-bond acceptors (Lipinski definition) is 2. The van der Waals surface area contributed by atoms with Crippen molar-refractivity contribution in [1.82, 2.24) is 4.90 Å². The summed E-state index contributed by atoms with van der Waals surface area (Å²) < 4.78 is 0. The van der Waals surface area contributed by atoms with Gasteiger partial charge in [-0.15, -0.1) is 0 Å². The lowest BCUT2D eigenvalue weighted by Crippen LogP contribution is -2.36. The van der Waals surface area contributed by atoms with Crippen LogP contribution in [-0.2, 0) is 9.59 Å². The average Bonchev–Trinajstić information content (AvgIpc) is 2.48. The summed E-state index contributed by atoms with van der Waals surface area (Å²) in [5.41, 5.74) is -0.745. The first-order valence-electron chi connectivity index (χ1n) is 4.89. The lowest BCUT2D eigenvalue weighted by molar-refractivity contribution is -0.147. The summed E-state index contributed by atoms with van der Waals surface area (Å²) in [6.45, 7) is 6.28. The molecule has 1 heterocycles. The Kier molecular flexibility index (Phi) is 2.83. The molecule has 1 aliphatic heterocycles. The molecular weight excluding hydrogens is 182 g/mol. The number of nitrogens with zero attached hydrogens (tertiary/aromatic N) is 1. The fourth-order valence-electron chi connectivity index (χ4n) is 1.69. The quantitative estimate of drug-likeness (QED) is 0.720. The molecule has 80 valence electrons. The number of carboxylic acid groups (broad SMARTS) is 1. The maximum absolute atomic E-state index is 11.6. The highest BCUT2D eigenvalue weighted by Gasteiger charge is 2.42. The number of amides is 1. The van der Waals surface area contributed by atoms with Gasteiger partial charge in [-0.1, -0.05) is 13.8 Å². The number of hydrogen-bond donors (Lipinski definition) is 1. The Bertz CT molecular complexity index is 262. The Morgan fingerprint density at radius 2 is 2.00 bits per heavy atom. The Balaban J connectivity index is 2.66. The van der Waals surface area contributed by atoms with Gasteiger partial charge in [0.15, 0.2) is 0 Å². The predicted octanol–water partition coefficient (Wildman–Crippen LogP) is 0.966. The lowest BCUT2D eigenvalue weighted by atomic mass is 9.90. The van der Waals surface area contributed by atoms with Crippen molar-refractivity contribution in [3.05, 3.63) is 0 Å². The second-order valence-corrected chi connectivity index (χ2v) is 4.53. The first-order valence-corrected chi connectivity index (χ1v) is 4.89. The molecule has 1 saturated heterocycles. The van der Waals surface area contributed by atoms with Gasteiger partial charge in [0, 0.05) is 19.0 Å². The summed E-state index contributed by atoms with van der Waals surface area (Å²) in [6, 6.07) is 0. The fourth-order valence-corrected chi connectivity index (χ4v) is 1.69. The largest absolute Gasteiger partial charge is 0.481 e. The Hall–Kier alpha value is -1.06. The SMILES string of the molecule is CC(C)C(=O)N1CCC(C)(C(=O)O)C1. The molecule has 0 aliphatic carbocycles. The fraction of sp³-hybridized carbons (Fsp3) is 0.800. The van der Waals surface area contributed by atoms with Gasteiger partial charge in [0.1, 0.15) is 0 Å². The molecule has 1 N–H and O–H groups in total. The number of likely N-dealkylation sites (tertiary alicyclic amines) is 1. The van der Waals surface area contributed by atoms with Crippen LogP contribution in [0.5, 0.6) is 0 Å². The minimum absolute atomic E-state index is 0.0499. The molecule has 4 nitrogen and oxygen atoms in total. The van der Waals surface area contributed by atoms with Crippen LogP contribution in [0.15, 0.2) is 0 Å². The summed E-state index contributed by atoms with van der Waals surface area (Å²) in [4.78, 5) is 24.2. The molecule has 14 heavy (non-hydrogen) atoms. The van der Waals surface area contributed by atoms with Crippen molar-refractivity contribution < 1.29 is 14.7 Å². The van der Waals surface area contributed by atoms with E-state index in [1.54, 1.807) is 11.8 Å². The minimum atomic E-state index is -0.809. The molecule has 0 radical (unpaired) electrons. The van der Waals surface area contributed by atoms with E-state index in [-0.39, 0.29) is 11.8 Å². The Morgan fingerprint density at radius 3 is 2.36 bits per heavy atom. The summed E-state index contributed by atoms with van der Waals surface area (Å²) in [6.07, 6.45) is 0.556. The van der Waals surface area contributed by atoms with E-state index >= 15 is 0 Å². The van der Waals surface area contributed by atoms with Gasteiger partial charge < -0.3 is 10.0 Å². The highest BCUT2D eigenvalue weighted by Crippen LogP contribution is 2.30. The van der Waals surface area contributed by atoms with Crippen LogP contribution >= 0.6 is 0 Å². The second-order valence-electron chi connectivity index (χ2n) is 4.53. The zero-order valence-electron chi connectivity index (χ0n) is 8.91. The monoisotopic (exact) mass is 199 g/mol. The van der Waals surface area contributed by atoms with Crippen LogP contribution in [0.1, 0.15) is 27.2 Å². The van der Waals surface area contributed by atoms with Gasteiger partial charge in [0.25, 0.3) is 0 Å². The van der Waals surface area contributed by atoms with E-state index in [4.69, 9.17) is 5.11 Å². The first-order chi connectivity index (χ1) is 6.37. The minimum Gasteiger partial charge on any atom is -0.481 e. The number of carbonyl (C=O) groups excluding carboxylic acids is 1. The molecule has 0 aromatic rings. The predicted molar refractivity (Wildman–Crippen MR) is 51.8 cm³/mol. The zero-order chi connectivity index (χ0) is 10.9. The van der Waals surface area contributed by atoms with Crippen LogP contribution in [0, 0.1) is 11.3 Å². The summed E-state index contributed by atoms with van der Waals surface area (Å²) in [5, 5.41) is 8.97. The molecule has 4 heteroatoms. The summed E-state index contributed by atoms with van der Waals surface area (Å²) >= 11 is 0. The third-order valence-electron chi connectivity index (χ3n) is 2.80. The van der Waals surface area contributed by atoms with E-state index in [0.717, 1.165) is 0 Å². The van der Waals surface area contributed by atoms with Crippen molar-refractivity contribution in [2.24, 2.45) is 11.3 Å². The topological polar surface area (TPSA) is 57.6 Å². The van der Waals surface area contributed by atoms with Crippen molar-refractivity contribution in [2.45, 2.75) is 27.2 Å². The van der Waals surface area contributed by atoms with E-state index in [1.165, 1.54) is 0 Å². The Labute approximate surface area is 83.9 Å². The lowest BCUT2D eigenvalue weighted by Gasteiger charge is -2.21. The van der Waals surface area contributed by atoms with Crippen LogP contribution in [0.25, 0.3) is 0 Å². The number of carboxylic acids is 1. The summed E-state index contributed by atoms with van der Waals surface area (Å²) in [5.74, 6) is -0.808. The van der Waals surface area contributed by atoms with Crippen LogP contribution in [0.2, 0.25) is 0 Å². The van der Waals surface area contributed by atoms with Gasteiger partial charge in [-0.05, 0) is 13.3 Å². The molecule has 0 bridgehead atoms. The van der Waals surface area contributed by atoms with Crippen molar-refractivity contribution in [2.75, 3.05) is 13.1 Å². The van der Waals surface area contributed by atoms with E-state index in [9.17, 15) is 9.59 Å². The van der Waals surface area contributed by atoms with E-state index in [0.29, 0.717) is 19.5 Å². The van der Waals surface area contributed by atoms with Crippen LogP contribution in [0.4, 0.5) is 0 Å². The Morgan fingerprint density at radius 1 is 1.43 bits per heavy atom. The first kappa shape index (κ1) is 11.0. The molecule has 1 fully saturated rings. The standard InChI is InChI=1S/C10H17NO3/c1-7(2)8(12)11-5-4-10(3,6-11)9(13)14/h7H,4-6H2,1-3H3,(H,13,14). The van der Waals surface area contributed by atoms with Crippen LogP contribution in [-0.4, -0.2) is 35.0 Å². The van der Waals surface area contributed by atoms with Gasteiger partial charge in [0.2, 0.25) is 5.91 Å². The number of rotatable bonds is 2. The van der Waals surface area contributed by atoms with E-state index in [2.05, 4.69) is 0 Å². The maximum atomic E-state index is 11.6. The highest BCUT2D eigenvalue weighted by atomic mass is 16.4. The zero-order valence-corrected chi connectivity index (χ0v) is 8.91.